The van der Waals surface area contributed by atoms with E-state index in [0.29, 0.717) is 6.61 Å². The molecule has 0 amide bonds. The lowest BCUT2D eigenvalue weighted by atomic mass is 10.1. The molecule has 0 unspecified atom stereocenters. The molecule has 1 aromatic carbocycles. The molecule has 0 aliphatic heterocycles. The highest BCUT2D eigenvalue weighted by molar-refractivity contribution is 5.58. The molecular formula is C22H36N2O3. The van der Waals surface area contributed by atoms with Crippen LogP contribution < -0.4 is 14.8 Å². The van der Waals surface area contributed by atoms with Gasteiger partial charge in [0.2, 0.25) is 0 Å². The van der Waals surface area contributed by atoms with Crippen LogP contribution >= 0.6 is 0 Å². The summed E-state index contributed by atoms with van der Waals surface area (Å²) >= 11 is 0. The lowest BCUT2D eigenvalue weighted by molar-refractivity contribution is 0.214. The summed E-state index contributed by atoms with van der Waals surface area (Å²) in [4.78, 5) is 4.61. The molecule has 5 nitrogen and oxygen atoms in total. The van der Waals surface area contributed by atoms with Crippen molar-refractivity contribution >= 4 is 6.21 Å². The summed E-state index contributed by atoms with van der Waals surface area (Å²) in [5.74, 6) is 1.90. The van der Waals surface area contributed by atoms with Crippen LogP contribution in [0.3, 0.4) is 0 Å². The molecule has 0 aliphatic carbocycles. The van der Waals surface area contributed by atoms with Gasteiger partial charge in [-0.05, 0) is 63.4 Å². The van der Waals surface area contributed by atoms with Crippen molar-refractivity contribution in [2.45, 2.75) is 52.9 Å². The van der Waals surface area contributed by atoms with Gasteiger partial charge in [-0.25, -0.2) is 0 Å². The largest absolute Gasteiger partial charge is 0.493 e. The van der Waals surface area contributed by atoms with E-state index in [-0.39, 0.29) is 0 Å². The zero-order valence-corrected chi connectivity index (χ0v) is 17.4. The van der Waals surface area contributed by atoms with Gasteiger partial charge in [-0.2, -0.15) is 0 Å². The topological polar surface area (TPSA) is 52.1 Å². The second-order valence-electron chi connectivity index (χ2n) is 6.56. The number of nitrogens with one attached hydrogen (secondary N) is 1. The minimum Gasteiger partial charge on any atom is -0.493 e. The number of hydrogen-bond donors (Lipinski definition) is 1. The Balaban J connectivity index is 2.15. The van der Waals surface area contributed by atoms with Crippen LogP contribution in [0.4, 0.5) is 0 Å². The van der Waals surface area contributed by atoms with Crippen molar-refractivity contribution in [3.05, 3.63) is 35.4 Å². The van der Waals surface area contributed by atoms with Crippen LogP contribution in [0.2, 0.25) is 0 Å². The number of rotatable bonds is 15. The van der Waals surface area contributed by atoms with E-state index in [1.807, 2.05) is 19.1 Å². The number of aryl methyl sites for hydroxylation is 2. The van der Waals surface area contributed by atoms with Gasteiger partial charge in [0.1, 0.15) is 25.2 Å². The van der Waals surface area contributed by atoms with E-state index in [4.69, 9.17) is 9.47 Å². The minimum atomic E-state index is 0.603. The maximum atomic E-state index is 6.02. The Labute approximate surface area is 164 Å². The number of benzene rings is 1. The number of unbranched alkanes of at least 4 members (excludes halogenated alkanes) is 4. The Morgan fingerprint density at radius 2 is 1.70 bits per heavy atom. The quantitative estimate of drug-likeness (QED) is 0.207. The van der Waals surface area contributed by atoms with Crippen LogP contribution in [0.15, 0.2) is 29.4 Å². The molecule has 0 heterocycles. The Morgan fingerprint density at radius 1 is 1.00 bits per heavy atom. The molecule has 0 aromatic heterocycles. The van der Waals surface area contributed by atoms with E-state index in [2.05, 4.69) is 41.3 Å². The Hall–Kier alpha value is -2.01. The highest BCUT2D eigenvalue weighted by atomic mass is 16.6. The number of nitrogens with zero attached hydrogens (tertiary/aromatic N) is 1. The molecule has 0 saturated carbocycles. The third kappa shape index (κ3) is 10.7. The molecule has 0 saturated heterocycles. The first-order valence-corrected chi connectivity index (χ1v) is 9.92. The van der Waals surface area contributed by atoms with Crippen molar-refractivity contribution in [2.75, 3.05) is 33.4 Å². The van der Waals surface area contributed by atoms with Crippen LogP contribution in [0.5, 0.6) is 11.5 Å². The second-order valence-corrected chi connectivity index (χ2v) is 6.56. The molecule has 27 heavy (non-hydrogen) atoms. The third-order valence-corrected chi connectivity index (χ3v) is 4.18. The van der Waals surface area contributed by atoms with Crippen molar-refractivity contribution in [2.24, 2.45) is 5.16 Å². The van der Waals surface area contributed by atoms with Gasteiger partial charge < -0.3 is 19.6 Å². The van der Waals surface area contributed by atoms with Crippen LogP contribution in [0, 0.1) is 13.8 Å². The van der Waals surface area contributed by atoms with Gasteiger partial charge in [-0.15, -0.1) is 0 Å². The molecule has 0 radical (unpaired) electrons. The maximum absolute atomic E-state index is 6.02. The van der Waals surface area contributed by atoms with Crippen molar-refractivity contribution < 1.29 is 14.3 Å². The fourth-order valence-electron chi connectivity index (χ4n) is 2.80. The fraction of sp³-hybridized carbons (Fsp3) is 0.591. The van der Waals surface area contributed by atoms with E-state index in [1.165, 1.54) is 25.7 Å². The number of oxime groups is 1. The average Bonchev–Trinajstić information content (AvgIpc) is 2.64. The summed E-state index contributed by atoms with van der Waals surface area (Å²) in [6.07, 6.45) is 11.7. The standard InChI is InChI=1S/C22H36N2O3/c1-5-6-15-26-21-17-19(2)22(20(3)18-21)27-16-11-9-7-8-10-12-23-13-14-24-25-4/h5-6,14,17-18,23H,7-13,15-16H2,1-4H3/b6-5+,24-14+. The predicted octanol–water partition coefficient (Wildman–Crippen LogP) is 4.81. The van der Waals surface area contributed by atoms with Crippen molar-refractivity contribution in [3.63, 3.8) is 0 Å². The first kappa shape index (κ1) is 23.0. The zero-order chi connectivity index (χ0) is 19.7. The van der Waals surface area contributed by atoms with E-state index < -0.39 is 0 Å². The molecule has 0 atom stereocenters. The molecule has 1 rings (SSSR count). The van der Waals surface area contributed by atoms with E-state index >= 15 is 0 Å². The summed E-state index contributed by atoms with van der Waals surface area (Å²) in [6, 6.07) is 4.10. The highest BCUT2D eigenvalue weighted by Gasteiger charge is 2.07. The van der Waals surface area contributed by atoms with Crippen molar-refractivity contribution in [1.82, 2.24) is 5.32 Å². The van der Waals surface area contributed by atoms with Crippen molar-refractivity contribution in [1.29, 1.82) is 0 Å². The lowest BCUT2D eigenvalue weighted by Crippen LogP contribution is -2.17. The maximum Gasteiger partial charge on any atom is 0.125 e. The Morgan fingerprint density at radius 3 is 2.41 bits per heavy atom. The average molecular weight is 377 g/mol. The van der Waals surface area contributed by atoms with Gasteiger partial charge in [0.15, 0.2) is 0 Å². The van der Waals surface area contributed by atoms with Crippen LogP contribution in [0.1, 0.15) is 50.2 Å². The number of allylic oxidation sites excluding steroid dienone is 1. The molecule has 0 aliphatic rings. The summed E-state index contributed by atoms with van der Waals surface area (Å²) < 4.78 is 11.7. The van der Waals surface area contributed by atoms with Gasteiger partial charge in [-0.1, -0.05) is 36.6 Å². The van der Waals surface area contributed by atoms with Gasteiger partial charge in [-0.3, -0.25) is 0 Å². The normalized spacial score (nSPS) is 11.4. The predicted molar refractivity (Wildman–Crippen MR) is 113 cm³/mol. The molecule has 0 fully saturated rings. The zero-order valence-electron chi connectivity index (χ0n) is 17.4. The van der Waals surface area contributed by atoms with Crippen LogP contribution in [-0.4, -0.2) is 39.6 Å². The second kappa shape index (κ2) is 15.1. The fourth-order valence-corrected chi connectivity index (χ4v) is 2.80. The minimum absolute atomic E-state index is 0.603. The number of hydrogen-bond acceptors (Lipinski definition) is 5. The first-order valence-electron chi connectivity index (χ1n) is 9.92. The summed E-state index contributed by atoms with van der Waals surface area (Å²) in [5, 5.41) is 7.00. The molecule has 152 valence electrons. The number of ether oxygens (including phenoxy) is 2. The Kier molecular flexibility index (Phi) is 12.9. The highest BCUT2D eigenvalue weighted by Crippen LogP contribution is 2.28. The van der Waals surface area contributed by atoms with E-state index in [0.717, 1.165) is 48.7 Å². The first-order chi connectivity index (χ1) is 13.2. The van der Waals surface area contributed by atoms with Gasteiger partial charge in [0, 0.05) is 6.54 Å². The molecule has 1 aromatic rings. The molecule has 0 spiro atoms. The van der Waals surface area contributed by atoms with E-state index in [9.17, 15) is 0 Å². The summed E-state index contributed by atoms with van der Waals surface area (Å²) in [6.45, 7) is 9.31. The SMILES string of the molecule is C/C=C/COc1cc(C)c(OCCCCCCCNC/C=N/OC)c(C)c1. The lowest BCUT2D eigenvalue weighted by Gasteiger charge is -2.14. The monoisotopic (exact) mass is 376 g/mol. The molecule has 5 heteroatoms. The van der Waals surface area contributed by atoms with Gasteiger partial charge >= 0.3 is 0 Å². The third-order valence-electron chi connectivity index (χ3n) is 4.18. The van der Waals surface area contributed by atoms with Gasteiger partial charge in [0.05, 0.1) is 12.8 Å². The van der Waals surface area contributed by atoms with E-state index in [1.54, 1.807) is 13.3 Å². The molecular weight excluding hydrogens is 340 g/mol. The van der Waals surface area contributed by atoms with Crippen LogP contribution in [-0.2, 0) is 4.84 Å². The Bertz CT molecular complexity index is 548. The van der Waals surface area contributed by atoms with Crippen molar-refractivity contribution in [3.8, 4) is 11.5 Å². The molecule has 0 bridgehead atoms. The summed E-state index contributed by atoms with van der Waals surface area (Å²) in [5.41, 5.74) is 2.27. The molecule has 1 N–H and O–H groups in total. The van der Waals surface area contributed by atoms with Gasteiger partial charge in [0.25, 0.3) is 0 Å². The van der Waals surface area contributed by atoms with Crippen LogP contribution in [0.25, 0.3) is 0 Å². The summed E-state index contributed by atoms with van der Waals surface area (Å²) in [7, 11) is 1.55. The smallest absolute Gasteiger partial charge is 0.125 e.